The normalized spacial score (nSPS) is 11.7. The van der Waals surface area contributed by atoms with E-state index in [2.05, 4.69) is 51.7 Å². The molecule has 27 heavy (non-hydrogen) atoms. The van der Waals surface area contributed by atoms with Gasteiger partial charge >= 0.3 is 0 Å². The molecule has 0 atom stereocenters. The highest BCUT2D eigenvalue weighted by molar-refractivity contribution is 7.22. The summed E-state index contributed by atoms with van der Waals surface area (Å²) in [5.74, 6) is 0. The standard InChI is InChI=1S/C21H11N3S3/c1-2-12-7-19(27-21(12)22-4-1)16-6-13-8-17(26-20(13)11-24-16)14-9-18-15(23-10-14)3-5-25-18/h1-11H. The molecule has 6 rings (SSSR count). The Balaban J connectivity index is 1.46. The highest BCUT2D eigenvalue weighted by Crippen LogP contribution is 2.37. The molecule has 0 spiro atoms. The van der Waals surface area contributed by atoms with Crippen LogP contribution >= 0.6 is 34.0 Å². The summed E-state index contributed by atoms with van der Waals surface area (Å²) in [5.41, 5.74) is 3.23. The van der Waals surface area contributed by atoms with E-state index in [9.17, 15) is 0 Å². The molecule has 0 saturated heterocycles. The van der Waals surface area contributed by atoms with E-state index in [0.29, 0.717) is 0 Å². The first kappa shape index (κ1) is 15.4. The molecular formula is C21H11N3S3. The maximum atomic E-state index is 4.70. The van der Waals surface area contributed by atoms with Crippen LogP contribution in [0, 0.1) is 0 Å². The molecule has 6 aromatic heterocycles. The van der Waals surface area contributed by atoms with Gasteiger partial charge in [0.05, 0.1) is 25.5 Å². The van der Waals surface area contributed by atoms with Crippen LogP contribution < -0.4 is 0 Å². The Morgan fingerprint density at radius 3 is 2.67 bits per heavy atom. The molecule has 128 valence electrons. The molecule has 6 heteroatoms. The van der Waals surface area contributed by atoms with E-state index in [1.807, 2.05) is 24.7 Å². The Bertz CT molecular complexity index is 1410. The first-order valence-corrected chi connectivity index (χ1v) is 10.9. The van der Waals surface area contributed by atoms with Crippen molar-refractivity contribution in [2.75, 3.05) is 0 Å². The number of nitrogens with zero attached hydrogens (tertiary/aromatic N) is 3. The minimum atomic E-state index is 1.00. The number of rotatable bonds is 2. The Morgan fingerprint density at radius 2 is 1.70 bits per heavy atom. The van der Waals surface area contributed by atoms with Crippen LogP contribution in [0.4, 0.5) is 0 Å². The van der Waals surface area contributed by atoms with Crippen molar-refractivity contribution in [3.05, 3.63) is 66.4 Å². The largest absolute Gasteiger partial charge is 0.255 e. The molecule has 6 aromatic rings. The van der Waals surface area contributed by atoms with E-state index < -0.39 is 0 Å². The summed E-state index contributed by atoms with van der Waals surface area (Å²) in [5, 5.41) is 4.47. The van der Waals surface area contributed by atoms with E-state index in [-0.39, 0.29) is 0 Å². The topological polar surface area (TPSA) is 38.7 Å². The minimum Gasteiger partial charge on any atom is -0.255 e. The van der Waals surface area contributed by atoms with E-state index in [1.54, 1.807) is 34.0 Å². The number of pyridine rings is 3. The van der Waals surface area contributed by atoms with Crippen molar-refractivity contribution in [2.24, 2.45) is 0 Å². The first-order valence-electron chi connectivity index (χ1n) is 8.42. The van der Waals surface area contributed by atoms with Crippen LogP contribution in [0.3, 0.4) is 0 Å². The van der Waals surface area contributed by atoms with Gasteiger partial charge in [0.2, 0.25) is 0 Å². The highest BCUT2D eigenvalue weighted by Gasteiger charge is 2.11. The van der Waals surface area contributed by atoms with Crippen LogP contribution in [0.25, 0.3) is 51.5 Å². The number of thiophene rings is 3. The SMILES string of the molecule is c1cnc2sc(-c3cc4cc(-c5cnc6ccsc6c5)sc4cn3)cc2c1. The monoisotopic (exact) mass is 401 g/mol. The van der Waals surface area contributed by atoms with Crippen molar-refractivity contribution in [1.82, 2.24) is 15.0 Å². The van der Waals surface area contributed by atoms with Gasteiger partial charge in [0.15, 0.2) is 0 Å². The van der Waals surface area contributed by atoms with Crippen LogP contribution in [0.15, 0.2) is 66.4 Å². The van der Waals surface area contributed by atoms with Crippen molar-refractivity contribution in [3.8, 4) is 21.0 Å². The molecule has 0 unspecified atom stereocenters. The van der Waals surface area contributed by atoms with Crippen LogP contribution in [-0.2, 0) is 0 Å². The number of fused-ring (bicyclic) bond motifs is 3. The molecule has 0 aliphatic rings. The molecule has 0 N–H and O–H groups in total. The van der Waals surface area contributed by atoms with Gasteiger partial charge in [-0.2, -0.15) is 0 Å². The molecule has 0 bridgehead atoms. The summed E-state index contributed by atoms with van der Waals surface area (Å²) < 4.78 is 2.42. The maximum absolute atomic E-state index is 4.70. The second-order valence-electron chi connectivity index (χ2n) is 6.25. The van der Waals surface area contributed by atoms with Crippen LogP contribution in [0.2, 0.25) is 0 Å². The zero-order valence-corrected chi connectivity index (χ0v) is 16.4. The highest BCUT2D eigenvalue weighted by atomic mass is 32.1. The van der Waals surface area contributed by atoms with Gasteiger partial charge in [0.1, 0.15) is 4.83 Å². The van der Waals surface area contributed by atoms with Crippen molar-refractivity contribution >= 4 is 64.5 Å². The van der Waals surface area contributed by atoms with Gasteiger partial charge in [0, 0.05) is 34.4 Å². The zero-order valence-electron chi connectivity index (χ0n) is 13.9. The molecule has 0 radical (unpaired) electrons. The lowest BCUT2D eigenvalue weighted by Crippen LogP contribution is -1.77. The summed E-state index contributed by atoms with van der Waals surface area (Å²) in [6.45, 7) is 0. The summed E-state index contributed by atoms with van der Waals surface area (Å²) in [7, 11) is 0. The van der Waals surface area contributed by atoms with E-state index >= 15 is 0 Å². The van der Waals surface area contributed by atoms with E-state index in [1.165, 1.54) is 30.6 Å². The molecular weight excluding hydrogens is 390 g/mol. The van der Waals surface area contributed by atoms with Gasteiger partial charge in [-0.05, 0) is 47.2 Å². The van der Waals surface area contributed by atoms with Crippen LogP contribution in [0.5, 0.6) is 0 Å². The van der Waals surface area contributed by atoms with E-state index in [0.717, 1.165) is 20.9 Å². The second kappa shape index (κ2) is 5.92. The predicted molar refractivity (Wildman–Crippen MR) is 117 cm³/mol. The predicted octanol–water partition coefficient (Wildman–Crippen LogP) is 6.85. The fourth-order valence-electron chi connectivity index (χ4n) is 3.20. The average molecular weight is 402 g/mol. The van der Waals surface area contributed by atoms with Gasteiger partial charge < -0.3 is 0 Å². The fourth-order valence-corrected chi connectivity index (χ4v) is 5.95. The summed E-state index contributed by atoms with van der Waals surface area (Å²) in [6, 6.07) is 14.9. The quantitative estimate of drug-likeness (QED) is 0.318. The molecule has 0 aliphatic carbocycles. The summed E-state index contributed by atoms with van der Waals surface area (Å²) in [6.07, 6.45) is 5.78. The number of hydrogen-bond acceptors (Lipinski definition) is 6. The molecule has 0 aliphatic heterocycles. The first-order chi connectivity index (χ1) is 13.3. The van der Waals surface area contributed by atoms with Gasteiger partial charge in [-0.3, -0.25) is 9.97 Å². The third-order valence-electron chi connectivity index (χ3n) is 4.54. The second-order valence-corrected chi connectivity index (χ2v) is 9.32. The molecule has 0 amide bonds. The summed E-state index contributed by atoms with van der Waals surface area (Å²) in [4.78, 5) is 17.1. The molecule has 3 nitrogen and oxygen atoms in total. The number of aromatic nitrogens is 3. The zero-order chi connectivity index (χ0) is 17.8. The Hall–Kier alpha value is -2.67. The number of hydrogen-bond donors (Lipinski definition) is 0. The van der Waals surface area contributed by atoms with Gasteiger partial charge in [-0.1, -0.05) is 6.07 Å². The van der Waals surface area contributed by atoms with Gasteiger partial charge in [-0.15, -0.1) is 34.0 Å². The Kier molecular flexibility index (Phi) is 3.38. The lowest BCUT2D eigenvalue weighted by Gasteiger charge is -1.96. The lowest BCUT2D eigenvalue weighted by atomic mass is 10.2. The van der Waals surface area contributed by atoms with Crippen molar-refractivity contribution in [2.45, 2.75) is 0 Å². The smallest absolute Gasteiger partial charge is 0.123 e. The lowest BCUT2D eigenvalue weighted by molar-refractivity contribution is 1.38. The van der Waals surface area contributed by atoms with Crippen LogP contribution in [0.1, 0.15) is 0 Å². The molecule has 0 saturated carbocycles. The maximum Gasteiger partial charge on any atom is 0.123 e. The van der Waals surface area contributed by atoms with Gasteiger partial charge in [-0.25, -0.2) is 4.98 Å². The van der Waals surface area contributed by atoms with Gasteiger partial charge in [0.25, 0.3) is 0 Å². The third-order valence-corrected chi connectivity index (χ3v) is 7.61. The molecule has 6 heterocycles. The third kappa shape index (κ3) is 2.56. The van der Waals surface area contributed by atoms with E-state index in [4.69, 9.17) is 4.98 Å². The average Bonchev–Trinajstić information content (AvgIpc) is 3.42. The van der Waals surface area contributed by atoms with Crippen molar-refractivity contribution in [1.29, 1.82) is 0 Å². The Morgan fingerprint density at radius 1 is 0.741 bits per heavy atom. The minimum absolute atomic E-state index is 1.00. The summed E-state index contributed by atoms with van der Waals surface area (Å²) >= 11 is 5.18. The molecule has 0 fully saturated rings. The Labute approximate surface area is 166 Å². The molecule has 0 aromatic carbocycles. The van der Waals surface area contributed by atoms with Crippen molar-refractivity contribution < 1.29 is 0 Å². The van der Waals surface area contributed by atoms with Crippen molar-refractivity contribution in [3.63, 3.8) is 0 Å². The van der Waals surface area contributed by atoms with Crippen LogP contribution in [-0.4, -0.2) is 15.0 Å². The fraction of sp³-hybridized carbons (Fsp3) is 0.